The van der Waals surface area contributed by atoms with Crippen LogP contribution in [0.4, 0.5) is 0 Å². The lowest BCUT2D eigenvalue weighted by Crippen LogP contribution is -1.80. The van der Waals surface area contributed by atoms with Crippen molar-refractivity contribution < 1.29 is 0 Å². The zero-order valence-corrected chi connectivity index (χ0v) is 10.6. The first-order valence-corrected chi connectivity index (χ1v) is 6.36. The Morgan fingerprint density at radius 1 is 0.833 bits per heavy atom. The van der Waals surface area contributed by atoms with Crippen LogP contribution in [0.15, 0.2) is 66.7 Å². The zero-order chi connectivity index (χ0) is 12.4. The third-order valence-corrected chi connectivity index (χ3v) is 3.37. The standard InChI is InChI=1S/C18H16/c1-14-6-5-9-16(12-14)18-11-10-17(13-18)15-7-3-2-4-8-15/h2-9,11-13H,10H2,1H3. The summed E-state index contributed by atoms with van der Waals surface area (Å²) in [7, 11) is 0. The molecule has 1 aliphatic rings. The van der Waals surface area contributed by atoms with E-state index in [2.05, 4.69) is 73.7 Å². The van der Waals surface area contributed by atoms with Crippen LogP contribution >= 0.6 is 0 Å². The summed E-state index contributed by atoms with van der Waals surface area (Å²) in [5.74, 6) is 0. The van der Waals surface area contributed by atoms with Gasteiger partial charge in [0.1, 0.15) is 0 Å². The van der Waals surface area contributed by atoms with Gasteiger partial charge in [-0.05, 0) is 35.6 Å². The zero-order valence-electron chi connectivity index (χ0n) is 10.6. The maximum atomic E-state index is 2.32. The Labute approximate surface area is 108 Å². The molecule has 0 atom stereocenters. The first-order chi connectivity index (χ1) is 8.83. The average molecular weight is 232 g/mol. The fourth-order valence-electron chi connectivity index (χ4n) is 2.40. The molecule has 0 saturated heterocycles. The maximum absolute atomic E-state index is 2.32. The van der Waals surface area contributed by atoms with Crippen LogP contribution in [-0.2, 0) is 0 Å². The number of hydrogen-bond acceptors (Lipinski definition) is 0. The van der Waals surface area contributed by atoms with Crippen molar-refractivity contribution in [2.75, 3.05) is 0 Å². The fourth-order valence-corrected chi connectivity index (χ4v) is 2.40. The van der Waals surface area contributed by atoms with Gasteiger partial charge in [0.2, 0.25) is 0 Å². The first-order valence-electron chi connectivity index (χ1n) is 6.36. The molecule has 18 heavy (non-hydrogen) atoms. The van der Waals surface area contributed by atoms with Gasteiger partial charge < -0.3 is 0 Å². The highest BCUT2D eigenvalue weighted by Crippen LogP contribution is 2.32. The Bertz CT molecular complexity index is 615. The van der Waals surface area contributed by atoms with E-state index >= 15 is 0 Å². The van der Waals surface area contributed by atoms with Crippen molar-refractivity contribution in [2.45, 2.75) is 13.3 Å². The van der Waals surface area contributed by atoms with Gasteiger partial charge in [-0.2, -0.15) is 0 Å². The number of aryl methyl sites for hydroxylation is 1. The second kappa shape index (κ2) is 4.66. The Kier molecular flexibility index (Phi) is 2.85. The molecule has 88 valence electrons. The molecule has 0 unspecified atom stereocenters. The predicted octanol–water partition coefficient (Wildman–Crippen LogP) is 4.87. The highest BCUT2D eigenvalue weighted by molar-refractivity contribution is 5.89. The maximum Gasteiger partial charge on any atom is -0.00821 e. The Hall–Kier alpha value is -2.08. The summed E-state index contributed by atoms with van der Waals surface area (Å²) in [6, 6.07) is 19.3. The molecule has 1 aliphatic carbocycles. The largest absolute Gasteiger partial charge is 0.0722 e. The van der Waals surface area contributed by atoms with Gasteiger partial charge in [-0.25, -0.2) is 0 Å². The first kappa shape index (κ1) is 11.0. The third kappa shape index (κ3) is 2.14. The van der Waals surface area contributed by atoms with Crippen LogP contribution in [0.3, 0.4) is 0 Å². The average Bonchev–Trinajstić information content (AvgIpc) is 2.89. The molecule has 0 saturated carbocycles. The quantitative estimate of drug-likeness (QED) is 0.693. The van der Waals surface area contributed by atoms with Crippen molar-refractivity contribution in [3.8, 4) is 0 Å². The highest BCUT2D eigenvalue weighted by Gasteiger charge is 2.09. The van der Waals surface area contributed by atoms with Gasteiger partial charge in [-0.15, -0.1) is 0 Å². The van der Waals surface area contributed by atoms with E-state index in [4.69, 9.17) is 0 Å². The third-order valence-electron chi connectivity index (χ3n) is 3.37. The second-order valence-corrected chi connectivity index (χ2v) is 4.77. The molecule has 0 radical (unpaired) electrons. The van der Waals surface area contributed by atoms with E-state index in [9.17, 15) is 0 Å². The molecule has 2 aromatic carbocycles. The summed E-state index contributed by atoms with van der Waals surface area (Å²) in [6.45, 7) is 2.14. The highest BCUT2D eigenvalue weighted by atomic mass is 14.1. The molecule has 0 aliphatic heterocycles. The molecule has 0 amide bonds. The van der Waals surface area contributed by atoms with Crippen molar-refractivity contribution in [2.24, 2.45) is 0 Å². The van der Waals surface area contributed by atoms with Gasteiger partial charge in [0.15, 0.2) is 0 Å². The minimum atomic E-state index is 1.04. The molecule has 0 fully saturated rings. The molecule has 0 spiro atoms. The molecule has 0 nitrogen and oxygen atoms in total. The second-order valence-electron chi connectivity index (χ2n) is 4.77. The minimum Gasteiger partial charge on any atom is -0.0722 e. The molecule has 0 N–H and O–H groups in total. The van der Waals surface area contributed by atoms with Gasteiger partial charge in [-0.3, -0.25) is 0 Å². The monoisotopic (exact) mass is 232 g/mol. The van der Waals surface area contributed by atoms with E-state index in [-0.39, 0.29) is 0 Å². The minimum absolute atomic E-state index is 1.04. The molecule has 2 aromatic rings. The summed E-state index contributed by atoms with van der Waals surface area (Å²) < 4.78 is 0. The van der Waals surface area contributed by atoms with Crippen molar-refractivity contribution >= 4 is 11.1 Å². The van der Waals surface area contributed by atoms with E-state index in [1.807, 2.05) is 0 Å². The number of hydrogen-bond donors (Lipinski definition) is 0. The van der Waals surface area contributed by atoms with Crippen molar-refractivity contribution in [1.82, 2.24) is 0 Å². The summed E-state index contributed by atoms with van der Waals surface area (Å²) in [5.41, 5.74) is 6.72. The molecular formula is C18H16. The SMILES string of the molecule is Cc1cccc(C2=CCC(c3ccccc3)=C2)c1. The Morgan fingerprint density at radius 2 is 1.61 bits per heavy atom. The van der Waals surface area contributed by atoms with Crippen LogP contribution in [0.5, 0.6) is 0 Å². The van der Waals surface area contributed by atoms with Gasteiger partial charge in [0.05, 0.1) is 0 Å². The van der Waals surface area contributed by atoms with E-state index in [0.717, 1.165) is 6.42 Å². The summed E-state index contributed by atoms with van der Waals surface area (Å²) in [6.07, 6.45) is 5.66. The Balaban J connectivity index is 1.92. The van der Waals surface area contributed by atoms with E-state index in [1.165, 1.54) is 27.8 Å². The van der Waals surface area contributed by atoms with Crippen LogP contribution in [0.1, 0.15) is 23.1 Å². The van der Waals surface area contributed by atoms with E-state index in [1.54, 1.807) is 0 Å². The summed E-state index contributed by atoms with van der Waals surface area (Å²) in [4.78, 5) is 0. The molecule has 3 rings (SSSR count). The van der Waals surface area contributed by atoms with Gasteiger partial charge in [0.25, 0.3) is 0 Å². The Morgan fingerprint density at radius 3 is 2.39 bits per heavy atom. The van der Waals surface area contributed by atoms with Crippen LogP contribution in [0.25, 0.3) is 11.1 Å². The summed E-state index contributed by atoms with van der Waals surface area (Å²) >= 11 is 0. The summed E-state index contributed by atoms with van der Waals surface area (Å²) in [5, 5.41) is 0. The van der Waals surface area contributed by atoms with E-state index < -0.39 is 0 Å². The molecule has 0 heteroatoms. The van der Waals surface area contributed by atoms with Crippen LogP contribution in [0, 0.1) is 6.92 Å². The lowest BCUT2D eigenvalue weighted by atomic mass is 10.0. The van der Waals surface area contributed by atoms with Crippen molar-refractivity contribution in [3.05, 3.63) is 83.4 Å². The lowest BCUT2D eigenvalue weighted by molar-refractivity contribution is 1.42. The molecular weight excluding hydrogens is 216 g/mol. The predicted molar refractivity (Wildman–Crippen MR) is 78.2 cm³/mol. The number of rotatable bonds is 2. The molecule has 0 aromatic heterocycles. The topological polar surface area (TPSA) is 0 Å². The molecule has 0 heterocycles. The lowest BCUT2D eigenvalue weighted by Gasteiger charge is -2.02. The fraction of sp³-hybridized carbons (Fsp3) is 0.111. The number of allylic oxidation sites excluding steroid dienone is 4. The van der Waals surface area contributed by atoms with Crippen LogP contribution in [0.2, 0.25) is 0 Å². The van der Waals surface area contributed by atoms with Crippen LogP contribution in [-0.4, -0.2) is 0 Å². The van der Waals surface area contributed by atoms with Crippen LogP contribution < -0.4 is 0 Å². The normalized spacial score (nSPS) is 14.3. The van der Waals surface area contributed by atoms with Gasteiger partial charge in [0, 0.05) is 0 Å². The van der Waals surface area contributed by atoms with Gasteiger partial charge >= 0.3 is 0 Å². The number of benzene rings is 2. The van der Waals surface area contributed by atoms with Crippen molar-refractivity contribution in [1.29, 1.82) is 0 Å². The van der Waals surface area contributed by atoms with E-state index in [0.29, 0.717) is 0 Å². The van der Waals surface area contributed by atoms with Gasteiger partial charge in [-0.1, -0.05) is 72.3 Å². The molecule has 0 bridgehead atoms. The smallest absolute Gasteiger partial charge is 0.00821 e. The van der Waals surface area contributed by atoms with Crippen molar-refractivity contribution in [3.63, 3.8) is 0 Å².